The summed E-state index contributed by atoms with van der Waals surface area (Å²) in [6, 6.07) is 8.31. The van der Waals surface area contributed by atoms with Gasteiger partial charge in [0, 0.05) is 14.6 Å². The molecule has 2 aromatic rings. The van der Waals surface area contributed by atoms with Gasteiger partial charge >= 0.3 is 0 Å². The number of benzene rings is 2. The fraction of sp³-hybridized carbons (Fsp3) is 0.143. The molecule has 0 aromatic heterocycles. The van der Waals surface area contributed by atoms with E-state index in [4.69, 9.17) is 5.73 Å². The number of aryl methyl sites for hydroxylation is 2. The molecule has 7 heteroatoms. The normalized spacial score (nSPS) is 11.4. The molecule has 0 radical (unpaired) electrons. The topological polar surface area (TPSA) is 72.2 Å². The van der Waals surface area contributed by atoms with Crippen LogP contribution >= 0.6 is 31.9 Å². The average Bonchev–Trinajstić information content (AvgIpc) is 2.37. The molecule has 0 bridgehead atoms. The Hall–Kier alpha value is -1.05. The molecule has 0 aliphatic heterocycles. The van der Waals surface area contributed by atoms with Crippen LogP contribution in [0.25, 0.3) is 0 Å². The van der Waals surface area contributed by atoms with Crippen LogP contribution in [-0.4, -0.2) is 8.42 Å². The first-order valence-electron chi connectivity index (χ1n) is 6.05. The van der Waals surface area contributed by atoms with E-state index in [0.717, 1.165) is 11.1 Å². The van der Waals surface area contributed by atoms with Gasteiger partial charge in [-0.3, -0.25) is 4.72 Å². The second-order valence-electron chi connectivity index (χ2n) is 4.73. The van der Waals surface area contributed by atoms with Crippen molar-refractivity contribution in [3.05, 3.63) is 50.4 Å². The lowest BCUT2D eigenvalue weighted by Crippen LogP contribution is -2.14. The lowest BCUT2D eigenvalue weighted by atomic mass is 10.2. The summed E-state index contributed by atoms with van der Waals surface area (Å²) in [7, 11) is -3.68. The zero-order valence-electron chi connectivity index (χ0n) is 11.4. The molecule has 0 aliphatic carbocycles. The fourth-order valence-electron chi connectivity index (χ4n) is 1.81. The van der Waals surface area contributed by atoms with Crippen molar-refractivity contribution in [1.29, 1.82) is 0 Å². The summed E-state index contributed by atoms with van der Waals surface area (Å²) in [5.74, 6) is 0. The first-order chi connectivity index (χ1) is 9.70. The standard InChI is InChI=1S/C14H14Br2N2O2S/c1-8-5-11(15)14(12(16)6-8)18-21(19,20)10-3-4-13(17)9(2)7-10/h3-7,18H,17H2,1-2H3. The van der Waals surface area contributed by atoms with Crippen LogP contribution in [0.3, 0.4) is 0 Å². The Labute approximate surface area is 141 Å². The highest BCUT2D eigenvalue weighted by Crippen LogP contribution is 2.34. The van der Waals surface area contributed by atoms with Crippen LogP contribution in [0.1, 0.15) is 11.1 Å². The van der Waals surface area contributed by atoms with E-state index >= 15 is 0 Å². The molecule has 0 atom stereocenters. The lowest BCUT2D eigenvalue weighted by Gasteiger charge is -2.13. The highest BCUT2D eigenvalue weighted by Gasteiger charge is 2.18. The molecule has 0 heterocycles. The molecule has 0 saturated carbocycles. The summed E-state index contributed by atoms with van der Waals surface area (Å²) >= 11 is 6.74. The summed E-state index contributed by atoms with van der Waals surface area (Å²) < 4.78 is 28.8. The Morgan fingerprint density at radius 1 is 1.05 bits per heavy atom. The predicted molar refractivity (Wildman–Crippen MR) is 93.0 cm³/mol. The number of rotatable bonds is 3. The maximum Gasteiger partial charge on any atom is 0.261 e. The van der Waals surface area contributed by atoms with Gasteiger partial charge in [0.25, 0.3) is 10.0 Å². The highest BCUT2D eigenvalue weighted by atomic mass is 79.9. The highest BCUT2D eigenvalue weighted by molar-refractivity contribution is 9.11. The third-order valence-electron chi connectivity index (χ3n) is 2.97. The van der Waals surface area contributed by atoms with Crippen molar-refractivity contribution in [2.24, 2.45) is 0 Å². The van der Waals surface area contributed by atoms with Gasteiger partial charge in [0.1, 0.15) is 0 Å². The number of halogens is 2. The molecule has 0 unspecified atom stereocenters. The van der Waals surface area contributed by atoms with E-state index in [1.807, 2.05) is 19.1 Å². The number of anilines is 2. The van der Waals surface area contributed by atoms with E-state index in [9.17, 15) is 8.42 Å². The zero-order chi connectivity index (χ0) is 15.8. The molecule has 3 N–H and O–H groups in total. The Morgan fingerprint density at radius 3 is 2.14 bits per heavy atom. The largest absolute Gasteiger partial charge is 0.399 e. The van der Waals surface area contributed by atoms with Crippen molar-refractivity contribution in [1.82, 2.24) is 0 Å². The van der Waals surface area contributed by atoms with Gasteiger partial charge in [-0.15, -0.1) is 0 Å². The first kappa shape index (κ1) is 16.3. The van der Waals surface area contributed by atoms with Gasteiger partial charge in [0.05, 0.1) is 10.6 Å². The van der Waals surface area contributed by atoms with E-state index in [0.29, 0.717) is 20.3 Å². The van der Waals surface area contributed by atoms with Crippen molar-refractivity contribution in [2.45, 2.75) is 18.7 Å². The molecule has 0 spiro atoms. The number of hydrogen-bond donors (Lipinski definition) is 2. The van der Waals surface area contributed by atoms with E-state index in [-0.39, 0.29) is 4.90 Å². The fourth-order valence-corrected chi connectivity index (χ4v) is 4.87. The lowest BCUT2D eigenvalue weighted by molar-refractivity contribution is 0.601. The SMILES string of the molecule is Cc1cc(Br)c(NS(=O)(=O)c2ccc(N)c(C)c2)c(Br)c1. The number of sulfonamides is 1. The minimum atomic E-state index is -3.68. The van der Waals surface area contributed by atoms with Crippen LogP contribution in [0.15, 0.2) is 44.2 Å². The molecule has 4 nitrogen and oxygen atoms in total. The van der Waals surface area contributed by atoms with Gasteiger partial charge < -0.3 is 5.73 Å². The number of hydrogen-bond acceptors (Lipinski definition) is 3. The molecule has 21 heavy (non-hydrogen) atoms. The van der Waals surface area contributed by atoms with E-state index in [1.54, 1.807) is 19.1 Å². The Bertz CT molecular complexity index is 782. The molecule has 2 rings (SSSR count). The van der Waals surface area contributed by atoms with Crippen LogP contribution in [0, 0.1) is 13.8 Å². The van der Waals surface area contributed by atoms with Gasteiger partial charge in [-0.25, -0.2) is 8.42 Å². The summed E-state index contributed by atoms with van der Waals surface area (Å²) in [6.07, 6.45) is 0. The second kappa shape index (κ2) is 5.98. The van der Waals surface area contributed by atoms with Crippen LogP contribution in [0.5, 0.6) is 0 Å². The van der Waals surface area contributed by atoms with Gasteiger partial charge in [-0.05, 0) is 87.2 Å². The molecule has 112 valence electrons. The summed E-state index contributed by atoms with van der Waals surface area (Å²) in [5.41, 5.74) is 8.48. The van der Waals surface area contributed by atoms with Gasteiger partial charge in [-0.1, -0.05) is 0 Å². The Kier molecular flexibility index (Phi) is 4.65. The van der Waals surface area contributed by atoms with Gasteiger partial charge in [0.15, 0.2) is 0 Å². The number of nitrogens with one attached hydrogen (secondary N) is 1. The third-order valence-corrected chi connectivity index (χ3v) is 5.57. The molecular weight excluding hydrogens is 420 g/mol. The second-order valence-corrected chi connectivity index (χ2v) is 8.12. The van der Waals surface area contributed by atoms with Crippen LogP contribution in [-0.2, 0) is 10.0 Å². The third kappa shape index (κ3) is 3.59. The van der Waals surface area contributed by atoms with Gasteiger partial charge in [0.2, 0.25) is 0 Å². The smallest absolute Gasteiger partial charge is 0.261 e. The minimum Gasteiger partial charge on any atom is -0.399 e. The van der Waals surface area contributed by atoms with Crippen molar-refractivity contribution in [2.75, 3.05) is 10.5 Å². The molecule has 0 aliphatic rings. The van der Waals surface area contributed by atoms with Gasteiger partial charge in [-0.2, -0.15) is 0 Å². The van der Waals surface area contributed by atoms with Crippen molar-refractivity contribution in [3.63, 3.8) is 0 Å². The Morgan fingerprint density at radius 2 is 1.62 bits per heavy atom. The average molecular weight is 434 g/mol. The van der Waals surface area contributed by atoms with Crippen molar-refractivity contribution in [3.8, 4) is 0 Å². The first-order valence-corrected chi connectivity index (χ1v) is 9.12. The van der Waals surface area contributed by atoms with Crippen molar-refractivity contribution < 1.29 is 8.42 Å². The van der Waals surface area contributed by atoms with Crippen LogP contribution < -0.4 is 10.5 Å². The summed E-state index contributed by atoms with van der Waals surface area (Å²) in [5, 5.41) is 0. The monoisotopic (exact) mass is 432 g/mol. The molecule has 2 aromatic carbocycles. The maximum atomic E-state index is 12.5. The summed E-state index contributed by atoms with van der Waals surface area (Å²) in [6.45, 7) is 3.70. The van der Waals surface area contributed by atoms with E-state index in [1.165, 1.54) is 6.07 Å². The molecule has 0 saturated heterocycles. The molecular formula is C14H14Br2N2O2S. The van der Waals surface area contributed by atoms with E-state index < -0.39 is 10.0 Å². The quantitative estimate of drug-likeness (QED) is 0.712. The Balaban J connectivity index is 2.44. The van der Waals surface area contributed by atoms with Crippen LogP contribution in [0.4, 0.5) is 11.4 Å². The molecule has 0 amide bonds. The zero-order valence-corrected chi connectivity index (χ0v) is 15.4. The summed E-state index contributed by atoms with van der Waals surface area (Å²) in [4.78, 5) is 0.175. The van der Waals surface area contributed by atoms with E-state index in [2.05, 4.69) is 36.6 Å². The van der Waals surface area contributed by atoms with Crippen LogP contribution in [0.2, 0.25) is 0 Å². The number of nitrogen functional groups attached to an aromatic ring is 1. The predicted octanol–water partition coefficient (Wildman–Crippen LogP) is 4.21. The number of nitrogens with two attached hydrogens (primary N) is 1. The molecule has 0 fully saturated rings. The minimum absolute atomic E-state index is 0.175. The maximum absolute atomic E-state index is 12.5. The van der Waals surface area contributed by atoms with Crippen molar-refractivity contribution >= 4 is 53.3 Å².